The standard InChI is InChI=1S/C21H26O4/c1-20(2)18-10-15-4-5-16(24-13-14-7-9-23-12-14)11-17(15)25-21(18,3)8-6-19(20)22/h4-5,7,9,11-12,18-19,22H,6,8,10,13H2,1-3H3/t18-,19-,21-/m1/s1. The highest BCUT2D eigenvalue weighted by Crippen LogP contribution is 2.53. The van der Waals surface area contributed by atoms with Crippen molar-refractivity contribution in [1.29, 1.82) is 0 Å². The van der Waals surface area contributed by atoms with E-state index in [4.69, 9.17) is 13.9 Å². The Balaban J connectivity index is 1.57. The molecular formula is C21H26O4. The van der Waals surface area contributed by atoms with Gasteiger partial charge in [-0.05, 0) is 49.3 Å². The molecule has 4 heteroatoms. The number of fused-ring (bicyclic) bond motifs is 2. The lowest BCUT2D eigenvalue weighted by molar-refractivity contribution is -0.137. The zero-order chi connectivity index (χ0) is 17.7. The lowest BCUT2D eigenvalue weighted by Gasteiger charge is -2.55. The lowest BCUT2D eigenvalue weighted by Crippen LogP contribution is -2.58. The van der Waals surface area contributed by atoms with Gasteiger partial charge in [-0.1, -0.05) is 19.9 Å². The Morgan fingerprint density at radius 3 is 2.84 bits per heavy atom. The molecule has 2 heterocycles. The van der Waals surface area contributed by atoms with E-state index in [1.807, 2.05) is 18.2 Å². The first kappa shape index (κ1) is 16.5. The van der Waals surface area contributed by atoms with Crippen LogP contribution in [0.2, 0.25) is 0 Å². The number of aliphatic hydroxyl groups excluding tert-OH is 1. The van der Waals surface area contributed by atoms with Crippen LogP contribution < -0.4 is 9.47 Å². The number of furan rings is 1. The SMILES string of the molecule is CC1(C)[C@H](O)CC[C@@]2(C)Oc3cc(OCc4ccoc4)ccc3C[C@H]12. The third kappa shape index (κ3) is 2.82. The summed E-state index contributed by atoms with van der Waals surface area (Å²) < 4.78 is 17.4. The van der Waals surface area contributed by atoms with E-state index in [9.17, 15) is 5.11 Å². The minimum absolute atomic E-state index is 0.152. The van der Waals surface area contributed by atoms with E-state index in [0.29, 0.717) is 12.5 Å². The van der Waals surface area contributed by atoms with Crippen molar-refractivity contribution in [3.8, 4) is 11.5 Å². The topological polar surface area (TPSA) is 51.8 Å². The van der Waals surface area contributed by atoms with Gasteiger partial charge < -0.3 is 19.0 Å². The van der Waals surface area contributed by atoms with Crippen molar-refractivity contribution >= 4 is 0 Å². The van der Waals surface area contributed by atoms with Gasteiger partial charge >= 0.3 is 0 Å². The quantitative estimate of drug-likeness (QED) is 0.901. The Labute approximate surface area is 148 Å². The minimum Gasteiger partial charge on any atom is -0.489 e. The Morgan fingerprint density at radius 2 is 2.08 bits per heavy atom. The lowest BCUT2D eigenvalue weighted by atomic mass is 9.58. The van der Waals surface area contributed by atoms with Crippen molar-refractivity contribution in [2.45, 2.75) is 58.3 Å². The molecule has 3 atom stereocenters. The molecule has 1 aromatic heterocycles. The fraction of sp³-hybridized carbons (Fsp3) is 0.524. The van der Waals surface area contributed by atoms with Crippen LogP contribution >= 0.6 is 0 Å². The first-order valence-electron chi connectivity index (χ1n) is 9.02. The molecule has 1 N–H and O–H groups in total. The van der Waals surface area contributed by atoms with Gasteiger partial charge in [-0.15, -0.1) is 0 Å². The van der Waals surface area contributed by atoms with Gasteiger partial charge in [0.1, 0.15) is 23.7 Å². The summed E-state index contributed by atoms with van der Waals surface area (Å²) in [7, 11) is 0. The maximum atomic E-state index is 10.5. The highest BCUT2D eigenvalue weighted by molar-refractivity contribution is 5.43. The van der Waals surface area contributed by atoms with Gasteiger partial charge in [0.25, 0.3) is 0 Å². The molecule has 1 saturated carbocycles. The number of ether oxygens (including phenoxy) is 2. The molecule has 1 aromatic carbocycles. The summed E-state index contributed by atoms with van der Waals surface area (Å²) in [6.45, 7) is 6.99. The molecule has 1 aliphatic carbocycles. The van der Waals surface area contributed by atoms with E-state index in [1.165, 1.54) is 5.56 Å². The van der Waals surface area contributed by atoms with E-state index in [2.05, 4.69) is 26.8 Å². The molecule has 134 valence electrons. The second kappa shape index (κ2) is 5.80. The van der Waals surface area contributed by atoms with Gasteiger partial charge in [0, 0.05) is 17.5 Å². The van der Waals surface area contributed by atoms with E-state index in [-0.39, 0.29) is 17.1 Å². The normalized spacial score (nSPS) is 30.1. The van der Waals surface area contributed by atoms with Crippen LogP contribution in [0, 0.1) is 11.3 Å². The molecule has 4 nitrogen and oxygen atoms in total. The van der Waals surface area contributed by atoms with Crippen molar-refractivity contribution in [2.24, 2.45) is 11.3 Å². The smallest absolute Gasteiger partial charge is 0.127 e. The highest BCUT2D eigenvalue weighted by Gasteiger charge is 2.54. The largest absolute Gasteiger partial charge is 0.489 e. The maximum Gasteiger partial charge on any atom is 0.127 e. The number of benzene rings is 1. The molecular weight excluding hydrogens is 316 g/mol. The Hall–Kier alpha value is -1.94. The summed E-state index contributed by atoms with van der Waals surface area (Å²) >= 11 is 0. The van der Waals surface area contributed by atoms with E-state index in [1.54, 1.807) is 12.5 Å². The summed E-state index contributed by atoms with van der Waals surface area (Å²) in [6, 6.07) is 7.98. The third-order valence-electron chi connectivity index (χ3n) is 6.20. The van der Waals surface area contributed by atoms with Gasteiger partial charge in [-0.3, -0.25) is 0 Å². The highest BCUT2D eigenvalue weighted by atomic mass is 16.5. The molecule has 1 aliphatic heterocycles. The van der Waals surface area contributed by atoms with Gasteiger partial charge in [0.15, 0.2) is 0 Å². The average Bonchev–Trinajstić information content (AvgIpc) is 3.09. The molecule has 1 fully saturated rings. The van der Waals surface area contributed by atoms with Gasteiger partial charge in [0.05, 0.1) is 18.6 Å². The van der Waals surface area contributed by atoms with E-state index in [0.717, 1.165) is 36.3 Å². The van der Waals surface area contributed by atoms with E-state index < -0.39 is 0 Å². The van der Waals surface area contributed by atoms with Crippen molar-refractivity contribution < 1.29 is 19.0 Å². The molecule has 2 aliphatic rings. The number of aliphatic hydroxyl groups is 1. The predicted octanol–water partition coefficient (Wildman–Crippen LogP) is 4.35. The fourth-order valence-electron chi connectivity index (χ4n) is 4.49. The summed E-state index contributed by atoms with van der Waals surface area (Å²) in [5.41, 5.74) is 1.81. The first-order chi connectivity index (χ1) is 11.9. The van der Waals surface area contributed by atoms with Crippen LogP contribution in [0.5, 0.6) is 11.5 Å². The van der Waals surface area contributed by atoms with Crippen molar-refractivity contribution in [2.75, 3.05) is 0 Å². The van der Waals surface area contributed by atoms with Gasteiger partial charge in [0.2, 0.25) is 0 Å². The van der Waals surface area contributed by atoms with Crippen LogP contribution in [0.1, 0.15) is 44.7 Å². The van der Waals surface area contributed by atoms with Crippen LogP contribution in [-0.2, 0) is 13.0 Å². The van der Waals surface area contributed by atoms with Crippen LogP contribution in [0.25, 0.3) is 0 Å². The Kier molecular flexibility index (Phi) is 3.84. The van der Waals surface area contributed by atoms with Crippen LogP contribution in [0.3, 0.4) is 0 Å². The average molecular weight is 342 g/mol. The summed E-state index contributed by atoms with van der Waals surface area (Å²) in [5.74, 6) is 2.02. The minimum atomic E-state index is -0.270. The molecule has 0 radical (unpaired) electrons. The first-order valence-corrected chi connectivity index (χ1v) is 9.02. The second-order valence-electron chi connectivity index (χ2n) is 8.24. The molecule has 2 aromatic rings. The van der Waals surface area contributed by atoms with Crippen LogP contribution in [0.4, 0.5) is 0 Å². The van der Waals surface area contributed by atoms with Crippen molar-refractivity contribution in [3.05, 3.63) is 47.9 Å². The zero-order valence-corrected chi connectivity index (χ0v) is 15.1. The second-order valence-corrected chi connectivity index (χ2v) is 8.24. The predicted molar refractivity (Wildman–Crippen MR) is 94.7 cm³/mol. The van der Waals surface area contributed by atoms with Crippen molar-refractivity contribution in [1.82, 2.24) is 0 Å². The van der Waals surface area contributed by atoms with Crippen LogP contribution in [-0.4, -0.2) is 16.8 Å². The number of rotatable bonds is 3. The molecule has 0 amide bonds. The fourth-order valence-corrected chi connectivity index (χ4v) is 4.49. The summed E-state index contributed by atoms with van der Waals surface area (Å²) in [6.07, 6.45) is 5.66. The number of hydrogen-bond donors (Lipinski definition) is 1. The number of hydrogen-bond acceptors (Lipinski definition) is 4. The zero-order valence-electron chi connectivity index (χ0n) is 15.1. The van der Waals surface area contributed by atoms with E-state index >= 15 is 0 Å². The van der Waals surface area contributed by atoms with Gasteiger partial charge in [-0.25, -0.2) is 0 Å². The summed E-state index contributed by atoms with van der Waals surface area (Å²) in [5, 5.41) is 10.5. The molecule has 0 spiro atoms. The Morgan fingerprint density at radius 1 is 1.24 bits per heavy atom. The van der Waals surface area contributed by atoms with Crippen LogP contribution in [0.15, 0.2) is 41.2 Å². The Bertz CT molecular complexity index is 749. The molecule has 0 unspecified atom stereocenters. The molecule has 0 saturated heterocycles. The van der Waals surface area contributed by atoms with Gasteiger partial charge in [-0.2, -0.15) is 0 Å². The molecule has 25 heavy (non-hydrogen) atoms. The third-order valence-corrected chi connectivity index (χ3v) is 6.20. The maximum absolute atomic E-state index is 10.5. The van der Waals surface area contributed by atoms with Crippen molar-refractivity contribution in [3.63, 3.8) is 0 Å². The summed E-state index contributed by atoms with van der Waals surface area (Å²) in [4.78, 5) is 0. The monoisotopic (exact) mass is 342 g/mol. The molecule has 0 bridgehead atoms. The molecule has 4 rings (SSSR count).